The van der Waals surface area contributed by atoms with Crippen molar-refractivity contribution in [3.63, 3.8) is 0 Å². The van der Waals surface area contributed by atoms with Crippen molar-refractivity contribution in [2.75, 3.05) is 67.1 Å². The van der Waals surface area contributed by atoms with Crippen LogP contribution in [0.3, 0.4) is 0 Å². The molecule has 8 aromatic heterocycles. The van der Waals surface area contributed by atoms with Gasteiger partial charge in [-0.3, -0.25) is 10.2 Å². The number of nitrogens with two attached hydrogens (primary N) is 2. The second-order valence-corrected chi connectivity index (χ2v) is 38.3. The van der Waals surface area contributed by atoms with E-state index in [4.69, 9.17) is 42.6 Å². The Labute approximate surface area is 807 Å². The van der Waals surface area contributed by atoms with Crippen molar-refractivity contribution in [1.29, 1.82) is 0 Å². The van der Waals surface area contributed by atoms with Crippen molar-refractivity contribution >= 4 is 134 Å². The van der Waals surface area contributed by atoms with Crippen LogP contribution in [-0.2, 0) is 35.2 Å². The lowest BCUT2D eigenvalue weighted by molar-refractivity contribution is 0.0418. The van der Waals surface area contributed by atoms with Gasteiger partial charge in [-0.15, -0.1) is 36.4 Å². The van der Waals surface area contributed by atoms with Gasteiger partial charge in [0.1, 0.15) is 52.8 Å². The van der Waals surface area contributed by atoms with Crippen molar-refractivity contribution < 1.29 is 29.1 Å². The number of nitrogens with one attached hydrogen (secondary N) is 5. The number of fused-ring (bicyclic) bond motifs is 8. The third kappa shape index (κ3) is 20.2. The summed E-state index contributed by atoms with van der Waals surface area (Å²) in [5.41, 5.74) is 29.0. The summed E-state index contributed by atoms with van der Waals surface area (Å²) in [6.45, 7) is 18.9. The van der Waals surface area contributed by atoms with Crippen LogP contribution in [0, 0.1) is 21.7 Å². The van der Waals surface area contributed by atoms with Crippen LogP contribution in [0.4, 0.5) is 27.0 Å². The lowest BCUT2D eigenvalue weighted by atomic mass is 9.72. The SMILES string of the molecule is CC(C)(C)OC(=O)N[C@@H]1c2ccccc2CC12CCN(c1ncnc3[nH]ncc13)CC2.CC(C)(C)OC(=O)N[C@@H]1c2ccccc2CC12CCN(c1ncnc3c1cnn3-c1ccccc1)CC2.Cl.Clc1nccc2[nH]ncc12.I.N[C@@H]1c2ccccc2CC12CCN(c1ncnc3c1cnn3-c1ccccc1)CC2.N[C@@H]1c2ccccc2CC12CCNCC2.OB(O)c1ccccc1. The molecule has 694 valence electrons. The van der Waals surface area contributed by atoms with Crippen LogP contribution < -0.4 is 47.6 Å². The third-order valence-corrected chi connectivity index (χ3v) is 28.0. The van der Waals surface area contributed by atoms with E-state index in [-0.39, 0.29) is 89.0 Å². The van der Waals surface area contributed by atoms with Gasteiger partial charge in [0.25, 0.3) is 0 Å². The van der Waals surface area contributed by atoms with Crippen molar-refractivity contribution in [2.45, 2.75) is 154 Å². The molecule has 4 aliphatic heterocycles. The smallest absolute Gasteiger partial charge is 0.444 e. The monoisotopic (exact) mass is 1950 g/mol. The van der Waals surface area contributed by atoms with Gasteiger partial charge in [0.05, 0.1) is 75.3 Å². The molecule has 23 rings (SSSR count). The normalized spacial score (nSPS) is 18.8. The molecule has 29 nitrogen and oxygen atoms in total. The highest BCUT2D eigenvalue weighted by atomic mass is 127. The Hall–Kier alpha value is -12.1. The van der Waals surface area contributed by atoms with Gasteiger partial charge >= 0.3 is 19.3 Å². The molecule has 11 N–H and O–H groups in total. The van der Waals surface area contributed by atoms with Gasteiger partial charge in [-0.05, 0) is 223 Å². The molecule has 8 aliphatic rings. The summed E-state index contributed by atoms with van der Waals surface area (Å²) in [5.74, 6) is 2.80. The minimum atomic E-state index is -1.34. The van der Waals surface area contributed by atoms with E-state index in [9.17, 15) is 9.59 Å². The fourth-order valence-electron chi connectivity index (χ4n) is 21.0. The van der Waals surface area contributed by atoms with Crippen molar-refractivity contribution in [3.05, 3.63) is 294 Å². The molecule has 4 aliphatic carbocycles. The number of piperidine rings is 4. The number of carbonyl (C=O) groups excluding carboxylic acids is 2. The maximum absolute atomic E-state index is 12.8. The fraction of sp³-hybridized carbons (Fsp3) is 0.356. The number of anilines is 3. The molecule has 4 atom stereocenters. The topological polar surface area (TPSA) is 374 Å². The summed E-state index contributed by atoms with van der Waals surface area (Å²) >= 11 is 5.73. The van der Waals surface area contributed by atoms with E-state index in [0.29, 0.717) is 16.0 Å². The van der Waals surface area contributed by atoms with Crippen LogP contribution in [0.1, 0.15) is 162 Å². The number of H-pyrrole nitrogens is 2. The second kappa shape index (κ2) is 40.6. The first kappa shape index (κ1) is 95.1. The summed E-state index contributed by atoms with van der Waals surface area (Å²) in [4.78, 5) is 63.6. The summed E-state index contributed by atoms with van der Waals surface area (Å²) < 4.78 is 15.0. The fourth-order valence-corrected chi connectivity index (χ4v) is 21.2. The van der Waals surface area contributed by atoms with Gasteiger partial charge in [-0.2, -0.15) is 20.4 Å². The van der Waals surface area contributed by atoms with Gasteiger partial charge in [0.2, 0.25) is 0 Å². The molecule has 0 saturated carbocycles. The number of pyridine rings is 1. The van der Waals surface area contributed by atoms with Crippen molar-refractivity contribution in [3.8, 4) is 11.4 Å². The number of hydrogen-bond acceptors (Lipinski definition) is 23. The van der Waals surface area contributed by atoms with E-state index in [2.05, 4.69) is 187 Å². The summed E-state index contributed by atoms with van der Waals surface area (Å²) in [6.07, 6.45) is 25.5. The van der Waals surface area contributed by atoms with Gasteiger partial charge in [-0.1, -0.05) is 175 Å². The molecule has 15 aromatic rings. The molecule has 2 amide bonds. The Bertz CT molecular complexity index is 6530. The Morgan fingerprint density at radius 2 is 0.806 bits per heavy atom. The van der Waals surface area contributed by atoms with Crippen LogP contribution >= 0.6 is 48.0 Å². The van der Waals surface area contributed by atoms with Crippen LogP contribution in [0.5, 0.6) is 0 Å². The van der Waals surface area contributed by atoms with E-state index < -0.39 is 18.3 Å². The van der Waals surface area contributed by atoms with E-state index in [1.807, 2.05) is 142 Å². The average Bonchev–Trinajstić information content (AvgIpc) is 1.59. The third-order valence-electron chi connectivity index (χ3n) is 27.7. The predicted octanol–water partition coefficient (Wildman–Crippen LogP) is 16.3. The number of aromatic nitrogens is 15. The van der Waals surface area contributed by atoms with Crippen LogP contribution in [0.15, 0.2) is 244 Å². The number of benzene rings is 7. The number of carbonyl (C=O) groups is 2. The highest BCUT2D eigenvalue weighted by Gasteiger charge is 2.52. The zero-order valence-corrected chi connectivity index (χ0v) is 80.1. The predicted molar refractivity (Wildman–Crippen MR) is 538 cm³/mol. The lowest BCUT2D eigenvalue weighted by Crippen LogP contribution is -2.48. The number of halogens is 3. The maximum atomic E-state index is 12.8. The van der Waals surface area contributed by atoms with Gasteiger partial charge in [0, 0.05) is 68.4 Å². The highest BCUT2D eigenvalue weighted by Crippen LogP contribution is 2.56. The second-order valence-electron chi connectivity index (χ2n) is 38.0. The average molecular weight is 1960 g/mol. The first-order valence-corrected chi connectivity index (χ1v) is 46.0. The molecule has 0 bridgehead atoms. The molecule has 0 radical (unpaired) electrons. The molecule has 134 heavy (non-hydrogen) atoms. The minimum absolute atomic E-state index is 0. The van der Waals surface area contributed by atoms with Crippen molar-refractivity contribution in [2.24, 2.45) is 33.1 Å². The van der Waals surface area contributed by atoms with E-state index in [0.717, 1.165) is 183 Å². The van der Waals surface area contributed by atoms with Gasteiger partial charge in [-0.25, -0.2) is 53.8 Å². The molecule has 7 aromatic carbocycles. The van der Waals surface area contributed by atoms with Gasteiger partial charge in [0.15, 0.2) is 16.9 Å². The lowest BCUT2D eigenvalue weighted by Gasteiger charge is -2.44. The summed E-state index contributed by atoms with van der Waals surface area (Å²) in [7, 11) is -1.34. The summed E-state index contributed by atoms with van der Waals surface area (Å²) in [5, 5.41) is 54.1. The molecule has 4 fully saturated rings. The molecule has 12 heterocycles. The molecular formula is C101H115BCl2IN23O6. The summed E-state index contributed by atoms with van der Waals surface area (Å²) in [6, 6.07) is 65.1. The zero-order valence-electron chi connectivity index (χ0n) is 76.2. The largest absolute Gasteiger partial charge is 0.488 e. The molecular weight excluding hydrogens is 1840 g/mol. The van der Waals surface area contributed by atoms with Crippen LogP contribution in [0.2, 0.25) is 5.15 Å². The zero-order chi connectivity index (χ0) is 91.4. The van der Waals surface area contributed by atoms with Crippen LogP contribution in [0.25, 0.3) is 55.4 Å². The Morgan fingerprint density at radius 3 is 1.22 bits per heavy atom. The minimum Gasteiger partial charge on any atom is -0.444 e. The number of aromatic amines is 2. The molecule has 33 heteroatoms. The van der Waals surface area contributed by atoms with Gasteiger partial charge < -0.3 is 61.6 Å². The molecule has 4 spiro atoms. The quantitative estimate of drug-likeness (QED) is 0.0387. The Morgan fingerprint density at radius 1 is 0.440 bits per heavy atom. The molecule has 0 unspecified atom stereocenters. The number of para-hydroxylation sites is 2. The first-order valence-electron chi connectivity index (χ1n) is 45.7. The number of ether oxygens (including phenoxy) is 2. The number of hydrogen-bond donors (Lipinski definition) is 9. The Balaban J connectivity index is 0.000000124. The number of rotatable bonds is 8. The maximum Gasteiger partial charge on any atom is 0.488 e. The Kier molecular flexibility index (Phi) is 28.8. The molecule has 4 saturated heterocycles. The number of alkyl carbamates (subject to hydrolysis) is 2. The van der Waals surface area contributed by atoms with E-state index >= 15 is 0 Å². The number of nitrogens with zero attached hydrogens (tertiary/aromatic N) is 16. The number of amides is 2. The van der Waals surface area contributed by atoms with Crippen molar-refractivity contribution in [1.82, 2.24) is 90.8 Å². The first-order chi connectivity index (χ1) is 63.9. The standard InChI is InChI=1S/C29H32N6O2.C24H24N6.C23H28N6O2.C13H18N2.C6H7BO2.C6H4ClN3.ClH.HI/c1-28(2,3)37-27(36)33-24-22-12-8-7-9-20(22)17-29(24)13-15-34(16-14-29)25-23-18-32-35(26(23)31-19-30-25)21-10-5-4-6-11-21;25-21-19-9-5-4-6-17(19)14-24(21)10-12-29(13-11-24)22-20-15-28-30(23(20)27-16-26-22)18-7-2-1-3-8-18;1-22(2,3)31-21(30)27-18-16-7-5-4-6-15(16)12-23(18)8-10-29(11-9-23)20-17-13-26-28-19(17)24-14-25-20;14-12-11-4-2-1-3-10(11)9-13(12)5-7-15-8-6-13;8-7(9)6-4-2-1-3-5-6;7-6-4-3-9-10-5(4)1-2-8-6;;/h4-12,18-19,24H,13-17H2,1-3H3,(H,33,36);1-9,15-16,21H,10-14,25H2;4-7,13-14,18H,8-12H2,1-3H3,(H,27,30)(H,24,25,26,28);1-4,12,15H,5-9,14H2;1-5,8-9H;1-3H,(H,9,10);2*1H/t24-;21-;18-;12-;;;;/m1111..../s1. The highest BCUT2D eigenvalue weighted by molar-refractivity contribution is 14.0. The van der Waals surface area contributed by atoms with Crippen LogP contribution in [-0.4, -0.2) is 168 Å². The van der Waals surface area contributed by atoms with E-state index in [1.54, 1.807) is 61.8 Å². The van der Waals surface area contributed by atoms with E-state index in [1.165, 1.54) is 63.8 Å².